The first kappa shape index (κ1) is 15.8. The molecule has 3 rings (SSSR count). The summed E-state index contributed by atoms with van der Waals surface area (Å²) in [5.74, 6) is 0.528. The minimum Gasteiger partial charge on any atom is -0.355 e. The van der Waals surface area contributed by atoms with Crippen LogP contribution in [0, 0.1) is 0 Å². The van der Waals surface area contributed by atoms with Crippen molar-refractivity contribution in [1.29, 1.82) is 0 Å². The van der Waals surface area contributed by atoms with Crippen LogP contribution < -0.4 is 10.2 Å². The Morgan fingerprint density at radius 1 is 1.22 bits per heavy atom. The van der Waals surface area contributed by atoms with Gasteiger partial charge in [-0.25, -0.2) is 0 Å². The van der Waals surface area contributed by atoms with Crippen LogP contribution in [0.3, 0.4) is 0 Å². The van der Waals surface area contributed by atoms with Crippen LogP contribution in [0.1, 0.15) is 48.1 Å². The molecule has 8 heteroatoms. The lowest BCUT2D eigenvalue weighted by molar-refractivity contribution is 0.102. The summed E-state index contributed by atoms with van der Waals surface area (Å²) in [7, 11) is 0. The highest BCUT2D eigenvalue weighted by Crippen LogP contribution is 2.19. The predicted molar refractivity (Wildman–Crippen MR) is 90.0 cm³/mol. The number of hydrogen-bond donors (Lipinski definition) is 1. The van der Waals surface area contributed by atoms with Crippen molar-refractivity contribution >= 4 is 28.2 Å². The van der Waals surface area contributed by atoms with Gasteiger partial charge in [-0.15, -0.1) is 20.4 Å². The molecule has 0 aromatic carbocycles. The average Bonchev–Trinajstić information content (AvgIpc) is 3.25. The molecule has 122 valence electrons. The molecule has 0 aliphatic carbocycles. The number of amides is 1. The number of aromatic nitrogens is 4. The van der Waals surface area contributed by atoms with E-state index in [0.29, 0.717) is 10.8 Å². The van der Waals surface area contributed by atoms with Crippen LogP contribution in [0.15, 0.2) is 12.1 Å². The van der Waals surface area contributed by atoms with Crippen molar-refractivity contribution in [2.24, 2.45) is 0 Å². The van der Waals surface area contributed by atoms with Gasteiger partial charge in [-0.05, 0) is 31.4 Å². The lowest BCUT2D eigenvalue weighted by atomic mass is 10.3. The average molecular weight is 332 g/mol. The van der Waals surface area contributed by atoms with Crippen molar-refractivity contribution in [3.05, 3.63) is 22.8 Å². The van der Waals surface area contributed by atoms with E-state index >= 15 is 0 Å². The number of nitrogens with one attached hydrogen (secondary N) is 1. The quantitative estimate of drug-likeness (QED) is 0.875. The van der Waals surface area contributed by atoms with Crippen molar-refractivity contribution in [3.63, 3.8) is 0 Å². The summed E-state index contributed by atoms with van der Waals surface area (Å²) in [5, 5.41) is 20.4. The Hall–Kier alpha value is -2.09. The van der Waals surface area contributed by atoms with Gasteiger partial charge in [0.05, 0.1) is 0 Å². The molecule has 2 aromatic rings. The SMILES string of the molecule is CCCCc1nnc(NC(=O)c2ccc(N3CCCC3)nn2)s1. The van der Waals surface area contributed by atoms with Crippen molar-refractivity contribution < 1.29 is 4.79 Å². The molecule has 1 saturated heterocycles. The van der Waals surface area contributed by atoms with Gasteiger partial charge >= 0.3 is 0 Å². The highest BCUT2D eigenvalue weighted by atomic mass is 32.1. The summed E-state index contributed by atoms with van der Waals surface area (Å²) in [6.45, 7) is 4.14. The molecule has 0 unspecified atom stereocenters. The van der Waals surface area contributed by atoms with Crippen LogP contribution in [0.4, 0.5) is 10.9 Å². The van der Waals surface area contributed by atoms with E-state index in [9.17, 15) is 4.79 Å². The third-order valence-electron chi connectivity index (χ3n) is 3.74. The molecule has 0 spiro atoms. The fourth-order valence-electron chi connectivity index (χ4n) is 2.46. The van der Waals surface area contributed by atoms with E-state index in [1.807, 2.05) is 6.07 Å². The van der Waals surface area contributed by atoms with Gasteiger partial charge < -0.3 is 4.90 Å². The van der Waals surface area contributed by atoms with E-state index in [1.165, 1.54) is 24.2 Å². The van der Waals surface area contributed by atoms with Crippen LogP contribution in [0.5, 0.6) is 0 Å². The van der Waals surface area contributed by atoms with Gasteiger partial charge in [-0.1, -0.05) is 24.7 Å². The van der Waals surface area contributed by atoms with Crippen molar-refractivity contribution in [1.82, 2.24) is 20.4 Å². The second kappa shape index (κ2) is 7.45. The van der Waals surface area contributed by atoms with Crippen molar-refractivity contribution in [3.8, 4) is 0 Å². The molecule has 1 fully saturated rings. The summed E-state index contributed by atoms with van der Waals surface area (Å²) in [4.78, 5) is 14.4. The maximum absolute atomic E-state index is 12.2. The van der Waals surface area contributed by atoms with E-state index in [2.05, 4.69) is 37.5 Å². The summed E-state index contributed by atoms with van der Waals surface area (Å²) >= 11 is 1.41. The Bertz CT molecular complexity index is 650. The summed E-state index contributed by atoms with van der Waals surface area (Å²) in [6.07, 6.45) is 5.45. The number of aryl methyl sites for hydroxylation is 1. The second-order valence-electron chi connectivity index (χ2n) is 5.53. The lowest BCUT2D eigenvalue weighted by Crippen LogP contribution is -2.20. The monoisotopic (exact) mass is 332 g/mol. The summed E-state index contributed by atoms with van der Waals surface area (Å²) in [6, 6.07) is 3.55. The fraction of sp³-hybridized carbons (Fsp3) is 0.533. The zero-order chi connectivity index (χ0) is 16.1. The number of unbranched alkanes of at least 4 members (excludes halogenated alkanes) is 1. The number of carbonyl (C=O) groups excluding carboxylic acids is 1. The predicted octanol–water partition coefficient (Wildman–Crippen LogP) is 2.52. The first-order valence-electron chi connectivity index (χ1n) is 7.98. The zero-order valence-electron chi connectivity index (χ0n) is 13.2. The molecule has 7 nitrogen and oxygen atoms in total. The highest BCUT2D eigenvalue weighted by molar-refractivity contribution is 7.15. The Labute approximate surface area is 139 Å². The van der Waals surface area contributed by atoms with Crippen LogP contribution in [0.2, 0.25) is 0 Å². The van der Waals surface area contributed by atoms with Crippen molar-refractivity contribution in [2.45, 2.75) is 39.0 Å². The summed E-state index contributed by atoms with van der Waals surface area (Å²) < 4.78 is 0. The fourth-order valence-corrected chi connectivity index (χ4v) is 3.23. The Morgan fingerprint density at radius 2 is 2.04 bits per heavy atom. The van der Waals surface area contributed by atoms with E-state index in [4.69, 9.17) is 0 Å². The van der Waals surface area contributed by atoms with E-state index in [1.54, 1.807) is 6.07 Å². The maximum atomic E-state index is 12.2. The topological polar surface area (TPSA) is 83.9 Å². The lowest BCUT2D eigenvalue weighted by Gasteiger charge is -2.14. The third kappa shape index (κ3) is 4.01. The maximum Gasteiger partial charge on any atom is 0.278 e. The molecule has 3 heterocycles. The van der Waals surface area contributed by atoms with E-state index in [0.717, 1.165) is 43.2 Å². The zero-order valence-corrected chi connectivity index (χ0v) is 14.0. The second-order valence-corrected chi connectivity index (χ2v) is 6.59. The van der Waals surface area contributed by atoms with Crippen molar-refractivity contribution in [2.75, 3.05) is 23.3 Å². The Kier molecular flexibility index (Phi) is 5.12. The van der Waals surface area contributed by atoms with Gasteiger partial charge in [-0.2, -0.15) is 0 Å². The van der Waals surface area contributed by atoms with Gasteiger partial charge in [0, 0.05) is 19.5 Å². The number of anilines is 2. The minimum atomic E-state index is -0.302. The molecule has 2 aromatic heterocycles. The van der Waals surface area contributed by atoms with Gasteiger partial charge in [0.25, 0.3) is 5.91 Å². The third-order valence-corrected chi connectivity index (χ3v) is 4.64. The van der Waals surface area contributed by atoms with E-state index < -0.39 is 0 Å². The molecular formula is C15H20N6OS. The molecule has 1 N–H and O–H groups in total. The van der Waals surface area contributed by atoms with Gasteiger partial charge in [0.15, 0.2) is 11.5 Å². The molecule has 1 aliphatic heterocycles. The smallest absolute Gasteiger partial charge is 0.278 e. The van der Waals surface area contributed by atoms with Gasteiger partial charge in [0.1, 0.15) is 5.01 Å². The number of rotatable bonds is 6. The van der Waals surface area contributed by atoms with Gasteiger partial charge in [-0.3, -0.25) is 10.1 Å². The minimum absolute atomic E-state index is 0.290. The standard InChI is InChI=1S/C15H20N6OS/c1-2-3-6-13-19-20-15(23-13)16-14(22)11-7-8-12(18-17-11)21-9-4-5-10-21/h7-8H,2-6,9-10H2,1H3,(H,16,20,22). The number of carbonyl (C=O) groups is 1. The molecule has 0 radical (unpaired) electrons. The molecule has 0 saturated carbocycles. The molecular weight excluding hydrogens is 312 g/mol. The van der Waals surface area contributed by atoms with Gasteiger partial charge in [0.2, 0.25) is 5.13 Å². The molecule has 23 heavy (non-hydrogen) atoms. The normalized spacial score (nSPS) is 14.2. The van der Waals surface area contributed by atoms with E-state index in [-0.39, 0.29) is 5.91 Å². The Morgan fingerprint density at radius 3 is 2.74 bits per heavy atom. The number of hydrogen-bond acceptors (Lipinski definition) is 7. The number of nitrogens with zero attached hydrogens (tertiary/aromatic N) is 5. The molecule has 1 amide bonds. The molecule has 0 atom stereocenters. The van der Waals surface area contributed by atoms with Crippen LogP contribution in [-0.4, -0.2) is 39.4 Å². The van der Waals surface area contributed by atoms with Crippen LogP contribution in [-0.2, 0) is 6.42 Å². The molecule has 1 aliphatic rings. The first-order chi connectivity index (χ1) is 11.3. The highest BCUT2D eigenvalue weighted by Gasteiger charge is 2.16. The molecule has 0 bridgehead atoms. The van der Waals surface area contributed by atoms with Crippen LogP contribution in [0.25, 0.3) is 0 Å². The first-order valence-corrected chi connectivity index (χ1v) is 8.80. The largest absolute Gasteiger partial charge is 0.355 e. The van der Waals surface area contributed by atoms with Crippen LogP contribution >= 0.6 is 11.3 Å². The Balaban J connectivity index is 1.60. The summed E-state index contributed by atoms with van der Waals surface area (Å²) in [5.41, 5.74) is 0.290.